The van der Waals surface area contributed by atoms with Gasteiger partial charge in [-0.15, -0.1) is 17.9 Å². The summed E-state index contributed by atoms with van der Waals surface area (Å²) < 4.78 is 77.2. The summed E-state index contributed by atoms with van der Waals surface area (Å²) in [7, 11) is 0. The molecule has 1 saturated carbocycles. The van der Waals surface area contributed by atoms with Gasteiger partial charge < -0.3 is 24.3 Å². The van der Waals surface area contributed by atoms with Gasteiger partial charge in [0.2, 0.25) is 10.8 Å². The van der Waals surface area contributed by atoms with Crippen molar-refractivity contribution in [1.29, 1.82) is 0 Å². The zero-order chi connectivity index (χ0) is 31.5. The van der Waals surface area contributed by atoms with Crippen molar-refractivity contribution >= 4 is 23.2 Å². The number of aliphatic carboxylic acids is 1. The average molecular weight is 618 g/mol. The summed E-state index contributed by atoms with van der Waals surface area (Å²) in [5.41, 5.74) is -1.79. The number of alkyl halides is 3. The van der Waals surface area contributed by atoms with E-state index in [-0.39, 0.29) is 47.1 Å². The van der Waals surface area contributed by atoms with Gasteiger partial charge in [0, 0.05) is 18.7 Å². The predicted octanol–water partition coefficient (Wildman–Crippen LogP) is 6.41. The standard InChI is InChI=1S/C29H39F4N3O5S/c1-27(2,3)35-42(40)23-12-11-19(15-22(23)41-29(31,32)33)21-16-20(25(37)34-14-13-28(4,5)26(38)39)24(30)36(21)17-18-9-7-6-8-10-18/h11-12,15-16,18,35H,6-10,13-14,17H2,1-5H3,(H,34,37)(H,38,39). The molecule has 1 atom stereocenters. The van der Waals surface area contributed by atoms with Gasteiger partial charge in [0.15, 0.2) is 5.75 Å². The van der Waals surface area contributed by atoms with Gasteiger partial charge in [0.1, 0.15) is 0 Å². The maximum Gasteiger partial charge on any atom is 0.573 e. The molecule has 1 fully saturated rings. The third kappa shape index (κ3) is 9.11. The maximum atomic E-state index is 15.9. The van der Waals surface area contributed by atoms with Crippen LogP contribution in [0.25, 0.3) is 11.3 Å². The van der Waals surface area contributed by atoms with E-state index in [9.17, 15) is 32.4 Å². The van der Waals surface area contributed by atoms with Crippen LogP contribution < -0.4 is 14.8 Å². The summed E-state index contributed by atoms with van der Waals surface area (Å²) in [6.07, 6.45) is -0.268. The molecule has 2 aromatic rings. The van der Waals surface area contributed by atoms with E-state index in [0.717, 1.165) is 38.2 Å². The molecule has 0 radical (unpaired) electrons. The number of hydrogen-bond donors (Lipinski definition) is 3. The number of aromatic nitrogens is 1. The van der Waals surface area contributed by atoms with Gasteiger partial charge >= 0.3 is 12.3 Å². The van der Waals surface area contributed by atoms with Crippen LogP contribution >= 0.6 is 0 Å². The second-order valence-corrected chi connectivity index (χ2v) is 13.6. The fourth-order valence-corrected chi connectivity index (χ4v) is 5.92. The van der Waals surface area contributed by atoms with E-state index in [1.54, 1.807) is 20.8 Å². The van der Waals surface area contributed by atoms with Crippen LogP contribution in [0.4, 0.5) is 17.6 Å². The zero-order valence-corrected chi connectivity index (χ0v) is 25.3. The van der Waals surface area contributed by atoms with Crippen LogP contribution in [0.1, 0.15) is 83.5 Å². The molecule has 1 amide bonds. The lowest BCUT2D eigenvalue weighted by molar-refractivity contribution is -0.275. The molecule has 1 aromatic heterocycles. The number of amides is 1. The van der Waals surface area contributed by atoms with Crippen LogP contribution in [-0.4, -0.2) is 44.5 Å². The van der Waals surface area contributed by atoms with Gasteiger partial charge in [0.25, 0.3) is 5.91 Å². The summed E-state index contributed by atoms with van der Waals surface area (Å²) >= 11 is -2.06. The SMILES string of the molecule is CC(C)(C)N[S+]([O-])c1ccc(-c2cc(C(=O)NCCC(C)(C)C(=O)O)c(F)n2CC2CCCCC2)cc1OC(F)(F)F. The Labute approximate surface area is 246 Å². The van der Waals surface area contributed by atoms with Crippen molar-refractivity contribution in [3.05, 3.63) is 35.8 Å². The largest absolute Gasteiger partial charge is 0.593 e. The summed E-state index contributed by atoms with van der Waals surface area (Å²) in [5, 5.41) is 11.9. The molecule has 234 valence electrons. The Kier molecular flexibility index (Phi) is 10.6. The summed E-state index contributed by atoms with van der Waals surface area (Å²) in [5.74, 6) is -3.24. The van der Waals surface area contributed by atoms with Crippen molar-refractivity contribution in [3.63, 3.8) is 0 Å². The van der Waals surface area contributed by atoms with Crippen molar-refractivity contribution in [3.8, 4) is 17.0 Å². The van der Waals surface area contributed by atoms with Crippen molar-refractivity contribution in [2.24, 2.45) is 11.3 Å². The lowest BCUT2D eigenvalue weighted by Crippen LogP contribution is -2.40. The van der Waals surface area contributed by atoms with E-state index in [4.69, 9.17) is 0 Å². The Balaban J connectivity index is 2.03. The van der Waals surface area contributed by atoms with Gasteiger partial charge in [0.05, 0.1) is 33.6 Å². The minimum absolute atomic E-state index is 0.0223. The molecule has 0 spiro atoms. The molecule has 1 heterocycles. The molecule has 1 aromatic carbocycles. The monoisotopic (exact) mass is 617 g/mol. The van der Waals surface area contributed by atoms with Gasteiger partial charge in [-0.05, 0) is 84.1 Å². The molecular weight excluding hydrogens is 578 g/mol. The number of carboxylic acid groups (broad SMARTS) is 1. The van der Waals surface area contributed by atoms with Gasteiger partial charge in [-0.1, -0.05) is 19.3 Å². The lowest BCUT2D eigenvalue weighted by Gasteiger charge is -2.24. The highest BCUT2D eigenvalue weighted by Crippen LogP contribution is 2.37. The second kappa shape index (κ2) is 13.3. The van der Waals surface area contributed by atoms with Crippen LogP contribution in [-0.2, 0) is 22.7 Å². The smallest absolute Gasteiger partial charge is 0.573 e. The predicted molar refractivity (Wildman–Crippen MR) is 151 cm³/mol. The van der Waals surface area contributed by atoms with Crippen molar-refractivity contribution < 1.29 is 41.5 Å². The zero-order valence-electron chi connectivity index (χ0n) is 24.5. The fraction of sp³-hybridized carbons (Fsp3) is 0.586. The number of carboxylic acids is 1. The normalized spacial score (nSPS) is 15.9. The Morgan fingerprint density at radius 1 is 1.10 bits per heavy atom. The number of halogens is 4. The molecule has 13 heteroatoms. The first-order valence-electron chi connectivity index (χ1n) is 13.9. The summed E-state index contributed by atoms with van der Waals surface area (Å²) in [4.78, 5) is 24.2. The number of carbonyl (C=O) groups excluding carboxylic acids is 1. The maximum absolute atomic E-state index is 15.9. The first-order chi connectivity index (χ1) is 19.4. The molecule has 0 aliphatic heterocycles. The van der Waals surface area contributed by atoms with Crippen LogP contribution in [0.15, 0.2) is 29.2 Å². The summed E-state index contributed by atoms with van der Waals surface area (Å²) in [6, 6.07) is 4.97. The van der Waals surface area contributed by atoms with E-state index >= 15 is 4.39 Å². The minimum atomic E-state index is -5.08. The number of nitrogens with zero attached hydrogens (tertiary/aromatic N) is 1. The first-order valence-corrected chi connectivity index (χ1v) is 15.0. The fourth-order valence-electron chi connectivity index (χ4n) is 4.78. The molecule has 1 aliphatic rings. The topological polar surface area (TPSA) is 116 Å². The van der Waals surface area contributed by atoms with Gasteiger partial charge in [-0.2, -0.15) is 4.39 Å². The molecule has 3 rings (SSSR count). The highest BCUT2D eigenvalue weighted by atomic mass is 32.2. The number of hydrogen-bond acceptors (Lipinski definition) is 5. The van der Waals surface area contributed by atoms with E-state index in [1.165, 1.54) is 36.6 Å². The average Bonchev–Trinajstić information content (AvgIpc) is 3.18. The molecule has 0 bridgehead atoms. The Bertz CT molecular complexity index is 1270. The van der Waals surface area contributed by atoms with E-state index in [1.807, 2.05) is 0 Å². The molecular formula is C29H39F4N3O5S. The molecule has 42 heavy (non-hydrogen) atoms. The highest BCUT2D eigenvalue weighted by Gasteiger charge is 2.36. The number of ether oxygens (including phenoxy) is 1. The highest BCUT2D eigenvalue weighted by molar-refractivity contribution is 7.89. The van der Waals surface area contributed by atoms with E-state index in [0.29, 0.717) is 0 Å². The number of nitrogens with one attached hydrogen (secondary N) is 2. The Hall–Kier alpha value is -2.77. The van der Waals surface area contributed by atoms with Crippen molar-refractivity contribution in [2.45, 2.75) is 96.5 Å². The van der Waals surface area contributed by atoms with Crippen molar-refractivity contribution in [2.75, 3.05) is 6.54 Å². The van der Waals surface area contributed by atoms with E-state index < -0.39 is 52.3 Å². The molecule has 0 saturated heterocycles. The molecule has 8 nitrogen and oxygen atoms in total. The Morgan fingerprint density at radius 3 is 2.31 bits per heavy atom. The van der Waals surface area contributed by atoms with Gasteiger partial charge in [-0.3, -0.25) is 9.59 Å². The lowest BCUT2D eigenvalue weighted by atomic mass is 9.89. The van der Waals surface area contributed by atoms with Crippen LogP contribution in [0, 0.1) is 17.3 Å². The molecule has 1 aliphatic carbocycles. The molecule has 3 N–H and O–H groups in total. The van der Waals surface area contributed by atoms with Crippen LogP contribution in [0.2, 0.25) is 0 Å². The number of benzene rings is 1. The van der Waals surface area contributed by atoms with E-state index in [2.05, 4.69) is 14.8 Å². The first kappa shape index (κ1) is 33.7. The second-order valence-electron chi connectivity index (χ2n) is 12.4. The Morgan fingerprint density at radius 2 is 1.74 bits per heavy atom. The van der Waals surface area contributed by atoms with Gasteiger partial charge in [-0.25, -0.2) is 0 Å². The van der Waals surface area contributed by atoms with Crippen molar-refractivity contribution in [1.82, 2.24) is 14.6 Å². The molecule has 1 unspecified atom stereocenters. The quantitative estimate of drug-likeness (QED) is 0.198. The third-order valence-corrected chi connectivity index (χ3v) is 8.65. The van der Waals surface area contributed by atoms with Crippen LogP contribution in [0.3, 0.4) is 0 Å². The number of rotatable bonds is 11. The summed E-state index contributed by atoms with van der Waals surface area (Å²) in [6.45, 7) is 8.34. The third-order valence-electron chi connectivity index (χ3n) is 7.12. The number of carbonyl (C=O) groups is 2. The minimum Gasteiger partial charge on any atom is -0.593 e. The van der Waals surface area contributed by atoms with Crippen LogP contribution in [0.5, 0.6) is 5.75 Å².